The lowest BCUT2D eigenvalue weighted by Gasteiger charge is -2.12. The van der Waals surface area contributed by atoms with Crippen LogP contribution in [0.5, 0.6) is 5.75 Å². The zero-order chi connectivity index (χ0) is 16.9. The number of rotatable bonds is 4. The van der Waals surface area contributed by atoms with Crippen LogP contribution in [-0.2, 0) is 0 Å². The van der Waals surface area contributed by atoms with Gasteiger partial charge in [0.1, 0.15) is 0 Å². The Hall–Kier alpha value is -3.14. The van der Waals surface area contributed by atoms with Crippen LogP contribution < -0.4 is 10.1 Å². The fourth-order valence-electron chi connectivity index (χ4n) is 2.46. The highest BCUT2D eigenvalue weighted by Crippen LogP contribution is 2.28. The fraction of sp³-hybridized carbons (Fsp3) is 0.0500. The molecule has 24 heavy (non-hydrogen) atoms. The van der Waals surface area contributed by atoms with E-state index in [2.05, 4.69) is 5.32 Å². The van der Waals surface area contributed by atoms with E-state index in [1.54, 1.807) is 0 Å². The number of ether oxygens (including phenoxy) is 1. The molecule has 3 nitrogen and oxygen atoms in total. The molecule has 4 heteroatoms. The number of para-hydroxylation sites is 1. The highest BCUT2D eigenvalue weighted by atomic mass is 19.1. The Morgan fingerprint density at radius 1 is 0.958 bits per heavy atom. The summed E-state index contributed by atoms with van der Waals surface area (Å²) in [6.07, 6.45) is 0. The molecule has 0 radical (unpaired) electrons. The highest BCUT2D eigenvalue weighted by Gasteiger charge is 2.12. The molecule has 0 saturated carbocycles. The van der Waals surface area contributed by atoms with E-state index in [9.17, 15) is 9.18 Å². The van der Waals surface area contributed by atoms with Crippen LogP contribution in [0.1, 0.15) is 10.4 Å². The van der Waals surface area contributed by atoms with E-state index >= 15 is 0 Å². The summed E-state index contributed by atoms with van der Waals surface area (Å²) in [4.78, 5) is 12.4. The smallest absolute Gasteiger partial charge is 0.255 e. The van der Waals surface area contributed by atoms with Crippen LogP contribution in [0.3, 0.4) is 0 Å². The summed E-state index contributed by atoms with van der Waals surface area (Å²) in [5, 5.41) is 2.84. The minimum absolute atomic E-state index is 0.108. The monoisotopic (exact) mass is 321 g/mol. The number of anilines is 1. The number of halogens is 1. The van der Waals surface area contributed by atoms with Crippen LogP contribution in [0.2, 0.25) is 0 Å². The number of amides is 1. The van der Waals surface area contributed by atoms with Gasteiger partial charge in [0.05, 0.1) is 7.11 Å². The molecule has 3 aromatic carbocycles. The summed E-state index contributed by atoms with van der Waals surface area (Å²) in [7, 11) is 1.38. The zero-order valence-electron chi connectivity index (χ0n) is 13.1. The summed E-state index contributed by atoms with van der Waals surface area (Å²) < 4.78 is 18.7. The van der Waals surface area contributed by atoms with Gasteiger partial charge in [-0.1, -0.05) is 48.5 Å². The third-order valence-electron chi connectivity index (χ3n) is 3.67. The van der Waals surface area contributed by atoms with Crippen molar-refractivity contribution < 1.29 is 13.9 Å². The molecule has 3 rings (SSSR count). The van der Waals surface area contributed by atoms with E-state index in [1.807, 2.05) is 54.6 Å². The van der Waals surface area contributed by atoms with Crippen molar-refractivity contribution in [3.05, 3.63) is 84.2 Å². The largest absolute Gasteiger partial charge is 0.494 e. The predicted octanol–water partition coefficient (Wildman–Crippen LogP) is 4.75. The van der Waals surface area contributed by atoms with Crippen LogP contribution in [0.4, 0.5) is 10.1 Å². The van der Waals surface area contributed by atoms with E-state index in [-0.39, 0.29) is 17.2 Å². The topological polar surface area (TPSA) is 38.3 Å². The first-order valence-corrected chi connectivity index (χ1v) is 7.48. The normalized spacial score (nSPS) is 10.2. The number of methoxy groups -OCH3 is 1. The SMILES string of the molecule is COc1ccc(C(=O)Nc2ccccc2-c2ccccc2)cc1F. The second-order valence-electron chi connectivity index (χ2n) is 5.22. The molecule has 0 saturated heterocycles. The second-order valence-corrected chi connectivity index (χ2v) is 5.22. The lowest BCUT2D eigenvalue weighted by molar-refractivity contribution is 0.102. The average Bonchev–Trinajstić information content (AvgIpc) is 2.63. The first-order chi connectivity index (χ1) is 11.7. The summed E-state index contributed by atoms with van der Waals surface area (Å²) in [6, 6.07) is 21.4. The van der Waals surface area contributed by atoms with Crippen LogP contribution in [0.25, 0.3) is 11.1 Å². The molecular formula is C20H16FNO2. The van der Waals surface area contributed by atoms with Crippen LogP contribution >= 0.6 is 0 Å². The van der Waals surface area contributed by atoms with E-state index in [4.69, 9.17) is 4.74 Å². The van der Waals surface area contributed by atoms with Crippen molar-refractivity contribution >= 4 is 11.6 Å². The lowest BCUT2D eigenvalue weighted by atomic mass is 10.0. The first-order valence-electron chi connectivity index (χ1n) is 7.48. The van der Waals surface area contributed by atoms with Crippen molar-refractivity contribution in [2.75, 3.05) is 12.4 Å². The Morgan fingerprint density at radius 2 is 1.67 bits per heavy atom. The minimum atomic E-state index is -0.568. The molecule has 0 unspecified atom stereocenters. The molecule has 0 aliphatic carbocycles. The van der Waals surface area contributed by atoms with Crippen LogP contribution in [-0.4, -0.2) is 13.0 Å². The molecule has 3 aromatic rings. The Labute approximate surface area is 139 Å². The molecule has 0 aromatic heterocycles. The number of hydrogen-bond donors (Lipinski definition) is 1. The Balaban J connectivity index is 1.89. The zero-order valence-corrected chi connectivity index (χ0v) is 13.1. The number of carbonyl (C=O) groups excluding carboxylic acids is 1. The fourth-order valence-corrected chi connectivity index (χ4v) is 2.46. The van der Waals surface area contributed by atoms with Gasteiger partial charge in [0, 0.05) is 16.8 Å². The third kappa shape index (κ3) is 3.27. The number of nitrogens with one attached hydrogen (secondary N) is 1. The predicted molar refractivity (Wildman–Crippen MR) is 92.8 cm³/mol. The van der Waals surface area contributed by atoms with Gasteiger partial charge in [-0.3, -0.25) is 4.79 Å². The molecule has 0 bridgehead atoms. The number of benzene rings is 3. The molecule has 120 valence electrons. The van der Waals surface area contributed by atoms with Crippen molar-refractivity contribution in [1.29, 1.82) is 0 Å². The molecule has 0 aliphatic heterocycles. The van der Waals surface area contributed by atoms with Gasteiger partial charge in [-0.25, -0.2) is 4.39 Å². The van der Waals surface area contributed by atoms with Gasteiger partial charge >= 0.3 is 0 Å². The summed E-state index contributed by atoms with van der Waals surface area (Å²) in [5.74, 6) is -0.835. The van der Waals surface area contributed by atoms with Gasteiger partial charge in [-0.15, -0.1) is 0 Å². The quantitative estimate of drug-likeness (QED) is 0.753. The minimum Gasteiger partial charge on any atom is -0.494 e. The maximum absolute atomic E-state index is 13.8. The summed E-state index contributed by atoms with van der Waals surface area (Å²) in [5.41, 5.74) is 2.80. The van der Waals surface area contributed by atoms with Crippen molar-refractivity contribution in [2.45, 2.75) is 0 Å². The molecule has 0 heterocycles. The van der Waals surface area contributed by atoms with Gasteiger partial charge in [-0.05, 0) is 29.8 Å². The molecule has 1 N–H and O–H groups in total. The van der Waals surface area contributed by atoms with Gasteiger partial charge in [0.25, 0.3) is 5.91 Å². The first kappa shape index (κ1) is 15.7. The Bertz CT molecular complexity index is 863. The molecule has 1 amide bonds. The van der Waals surface area contributed by atoms with Gasteiger partial charge in [-0.2, -0.15) is 0 Å². The van der Waals surface area contributed by atoms with E-state index in [0.29, 0.717) is 5.69 Å². The van der Waals surface area contributed by atoms with Crippen molar-refractivity contribution in [2.24, 2.45) is 0 Å². The van der Waals surface area contributed by atoms with Gasteiger partial charge < -0.3 is 10.1 Å². The molecule has 0 spiro atoms. The summed E-state index contributed by atoms with van der Waals surface area (Å²) in [6.45, 7) is 0. The average molecular weight is 321 g/mol. The van der Waals surface area contributed by atoms with E-state index < -0.39 is 5.82 Å². The number of carbonyl (C=O) groups is 1. The van der Waals surface area contributed by atoms with Crippen LogP contribution in [0.15, 0.2) is 72.8 Å². The highest BCUT2D eigenvalue weighted by molar-refractivity contribution is 6.06. The van der Waals surface area contributed by atoms with Crippen molar-refractivity contribution in [3.8, 4) is 16.9 Å². The number of hydrogen-bond acceptors (Lipinski definition) is 2. The Kier molecular flexibility index (Phi) is 4.57. The van der Waals surface area contributed by atoms with E-state index in [0.717, 1.165) is 11.1 Å². The second kappa shape index (κ2) is 6.96. The maximum Gasteiger partial charge on any atom is 0.255 e. The maximum atomic E-state index is 13.8. The molecule has 0 aliphatic rings. The van der Waals surface area contributed by atoms with Crippen molar-refractivity contribution in [1.82, 2.24) is 0 Å². The van der Waals surface area contributed by atoms with Gasteiger partial charge in [0.2, 0.25) is 0 Å². The van der Waals surface area contributed by atoms with E-state index in [1.165, 1.54) is 25.3 Å². The molecule has 0 atom stereocenters. The van der Waals surface area contributed by atoms with Crippen LogP contribution in [0, 0.1) is 5.82 Å². The standard InChI is InChI=1S/C20H16FNO2/c1-24-19-12-11-15(13-17(19)21)20(23)22-18-10-6-5-9-16(18)14-7-3-2-4-8-14/h2-13H,1H3,(H,22,23). The lowest BCUT2D eigenvalue weighted by Crippen LogP contribution is -2.13. The van der Waals surface area contributed by atoms with Gasteiger partial charge in [0.15, 0.2) is 11.6 Å². The Morgan fingerprint density at radius 3 is 2.38 bits per heavy atom. The van der Waals surface area contributed by atoms with Crippen molar-refractivity contribution in [3.63, 3.8) is 0 Å². The summed E-state index contributed by atoms with van der Waals surface area (Å²) >= 11 is 0. The third-order valence-corrected chi connectivity index (χ3v) is 3.67. The molecular weight excluding hydrogens is 305 g/mol. The molecule has 0 fully saturated rings.